The zero-order chi connectivity index (χ0) is 14.8. The number of rotatable bonds is 3. The van der Waals surface area contributed by atoms with E-state index >= 15 is 0 Å². The van der Waals surface area contributed by atoms with Crippen molar-refractivity contribution < 1.29 is 4.84 Å². The van der Waals surface area contributed by atoms with Crippen LogP contribution in [0.4, 0.5) is 0 Å². The average molecular weight is 277 g/mol. The minimum Gasteiger partial charge on any atom is -0.399 e. The highest BCUT2D eigenvalue weighted by Crippen LogP contribution is 2.35. The predicted octanol–water partition coefficient (Wildman–Crippen LogP) is 4.94. The van der Waals surface area contributed by atoms with Gasteiger partial charge in [-0.1, -0.05) is 41.1 Å². The van der Waals surface area contributed by atoms with E-state index in [1.54, 1.807) is 13.3 Å². The van der Waals surface area contributed by atoms with Crippen LogP contribution in [0.5, 0.6) is 0 Å². The number of hydrogen-bond donors (Lipinski definition) is 0. The van der Waals surface area contributed by atoms with Gasteiger partial charge in [0, 0.05) is 5.56 Å². The maximum Gasteiger partial charge on any atom is 0.106 e. The van der Waals surface area contributed by atoms with Crippen molar-refractivity contribution in [1.29, 1.82) is 0 Å². The van der Waals surface area contributed by atoms with E-state index in [0.717, 1.165) is 12.0 Å². The van der Waals surface area contributed by atoms with Crippen LogP contribution in [-0.4, -0.2) is 13.3 Å². The van der Waals surface area contributed by atoms with Gasteiger partial charge in [-0.2, -0.15) is 0 Å². The number of hydrogen-bond acceptors (Lipinski definition) is 2. The lowest BCUT2D eigenvalue weighted by Gasteiger charge is -2.11. The van der Waals surface area contributed by atoms with Gasteiger partial charge in [-0.05, 0) is 59.9 Å². The summed E-state index contributed by atoms with van der Waals surface area (Å²) in [5, 5.41) is 6.44. The predicted molar refractivity (Wildman–Crippen MR) is 89.5 cm³/mol. The van der Waals surface area contributed by atoms with Crippen LogP contribution in [0.3, 0.4) is 0 Å². The molecular weight excluding hydrogens is 258 g/mol. The zero-order valence-corrected chi connectivity index (χ0v) is 12.7. The van der Waals surface area contributed by atoms with Gasteiger partial charge >= 0.3 is 0 Å². The summed E-state index contributed by atoms with van der Waals surface area (Å²) in [6.45, 7) is 4.36. The lowest BCUT2D eigenvalue weighted by molar-refractivity contribution is 0.215. The Morgan fingerprint density at radius 1 is 1.10 bits per heavy atom. The van der Waals surface area contributed by atoms with Gasteiger partial charge in [0.15, 0.2) is 0 Å². The van der Waals surface area contributed by atoms with E-state index in [4.69, 9.17) is 4.84 Å². The zero-order valence-electron chi connectivity index (χ0n) is 12.7. The van der Waals surface area contributed by atoms with Crippen LogP contribution in [0.2, 0.25) is 0 Å². The van der Waals surface area contributed by atoms with Crippen molar-refractivity contribution in [1.82, 2.24) is 0 Å². The van der Waals surface area contributed by atoms with E-state index in [9.17, 15) is 0 Å². The maximum absolute atomic E-state index is 4.86. The topological polar surface area (TPSA) is 21.6 Å². The summed E-state index contributed by atoms with van der Waals surface area (Å²) in [4.78, 5) is 4.86. The Bertz CT molecular complexity index is 781. The first kappa shape index (κ1) is 13.6. The van der Waals surface area contributed by atoms with Crippen molar-refractivity contribution >= 4 is 22.6 Å². The Hall–Kier alpha value is -2.35. The standard InChI is InChI=1S/C19H19NO/c1-13-8-14(2)18(9-13)19-11-16-7-5-4-6-15(16)10-17(19)12-20-21-3/h4-8,10-12H,9H2,1-3H3. The molecule has 0 atom stereocenters. The van der Waals surface area contributed by atoms with E-state index in [-0.39, 0.29) is 0 Å². The molecule has 2 aromatic rings. The second-order valence-electron chi connectivity index (χ2n) is 5.53. The minimum absolute atomic E-state index is 1.01. The summed E-state index contributed by atoms with van der Waals surface area (Å²) in [6, 6.07) is 12.9. The van der Waals surface area contributed by atoms with Crippen molar-refractivity contribution in [2.45, 2.75) is 20.3 Å². The summed E-state index contributed by atoms with van der Waals surface area (Å²) in [7, 11) is 1.57. The highest BCUT2D eigenvalue weighted by Gasteiger charge is 2.15. The summed E-state index contributed by atoms with van der Waals surface area (Å²) >= 11 is 0. The third kappa shape index (κ3) is 2.62. The lowest BCUT2D eigenvalue weighted by atomic mass is 9.93. The lowest BCUT2D eigenvalue weighted by Crippen LogP contribution is -1.94. The first-order chi connectivity index (χ1) is 10.2. The van der Waals surface area contributed by atoms with Crippen molar-refractivity contribution in [3.05, 3.63) is 64.7 Å². The Labute approximate surface area is 125 Å². The summed E-state index contributed by atoms with van der Waals surface area (Å²) < 4.78 is 0. The summed E-state index contributed by atoms with van der Waals surface area (Å²) in [5.41, 5.74) is 6.49. The number of allylic oxidation sites excluding steroid dienone is 4. The van der Waals surface area contributed by atoms with Gasteiger partial charge in [-0.25, -0.2) is 0 Å². The SMILES string of the molecule is CON=Cc1cc2ccccc2cc1C1=C(C)C=C(C)C1. The van der Waals surface area contributed by atoms with Crippen LogP contribution in [0.15, 0.2) is 58.8 Å². The number of nitrogens with zero attached hydrogens (tertiary/aromatic N) is 1. The second kappa shape index (κ2) is 5.57. The minimum atomic E-state index is 1.01. The molecule has 1 aliphatic carbocycles. The number of oxime groups is 1. The molecule has 2 nitrogen and oxygen atoms in total. The number of fused-ring (bicyclic) bond motifs is 1. The molecule has 0 spiro atoms. The van der Waals surface area contributed by atoms with Crippen molar-refractivity contribution in [2.75, 3.05) is 7.11 Å². The van der Waals surface area contributed by atoms with Crippen molar-refractivity contribution in [3.8, 4) is 0 Å². The van der Waals surface area contributed by atoms with Gasteiger partial charge in [-0.15, -0.1) is 0 Å². The maximum atomic E-state index is 4.86. The fourth-order valence-electron chi connectivity index (χ4n) is 2.97. The van der Waals surface area contributed by atoms with Gasteiger partial charge in [0.1, 0.15) is 7.11 Å². The third-order valence-corrected chi connectivity index (χ3v) is 3.93. The van der Waals surface area contributed by atoms with Gasteiger partial charge in [0.05, 0.1) is 6.21 Å². The molecule has 0 saturated heterocycles. The molecule has 106 valence electrons. The largest absolute Gasteiger partial charge is 0.399 e. The Kier molecular flexibility index (Phi) is 3.61. The van der Waals surface area contributed by atoms with Crippen molar-refractivity contribution in [2.24, 2.45) is 5.16 Å². The molecule has 21 heavy (non-hydrogen) atoms. The van der Waals surface area contributed by atoms with E-state index in [1.807, 2.05) is 0 Å². The Morgan fingerprint density at radius 3 is 2.43 bits per heavy atom. The first-order valence-electron chi connectivity index (χ1n) is 7.15. The second-order valence-corrected chi connectivity index (χ2v) is 5.53. The van der Waals surface area contributed by atoms with Crippen LogP contribution in [-0.2, 0) is 4.84 Å². The molecule has 2 heteroatoms. The highest BCUT2D eigenvalue weighted by molar-refractivity contribution is 5.98. The van der Waals surface area contributed by atoms with Crippen LogP contribution in [0, 0.1) is 0 Å². The van der Waals surface area contributed by atoms with Crippen LogP contribution >= 0.6 is 0 Å². The molecule has 0 heterocycles. The first-order valence-corrected chi connectivity index (χ1v) is 7.15. The average Bonchev–Trinajstić information content (AvgIpc) is 2.82. The quantitative estimate of drug-likeness (QED) is 0.575. The van der Waals surface area contributed by atoms with Crippen LogP contribution < -0.4 is 0 Å². The molecule has 0 amide bonds. The fourth-order valence-corrected chi connectivity index (χ4v) is 2.97. The van der Waals surface area contributed by atoms with E-state index in [1.165, 1.54) is 33.1 Å². The molecule has 0 fully saturated rings. The van der Waals surface area contributed by atoms with E-state index in [2.05, 4.69) is 61.5 Å². The van der Waals surface area contributed by atoms with Gasteiger partial charge < -0.3 is 4.84 Å². The Balaban J connectivity index is 2.20. The Morgan fingerprint density at radius 2 is 1.81 bits per heavy atom. The molecule has 2 aromatic carbocycles. The van der Waals surface area contributed by atoms with Crippen LogP contribution in [0.1, 0.15) is 31.4 Å². The summed E-state index contributed by atoms with van der Waals surface area (Å²) in [5.74, 6) is 0. The summed E-state index contributed by atoms with van der Waals surface area (Å²) in [6.07, 6.45) is 5.08. The van der Waals surface area contributed by atoms with Gasteiger partial charge in [0.2, 0.25) is 0 Å². The van der Waals surface area contributed by atoms with Gasteiger partial charge in [-0.3, -0.25) is 0 Å². The molecule has 0 unspecified atom stereocenters. The van der Waals surface area contributed by atoms with E-state index in [0.29, 0.717) is 0 Å². The highest BCUT2D eigenvalue weighted by atomic mass is 16.6. The molecule has 0 aromatic heterocycles. The number of benzene rings is 2. The monoisotopic (exact) mass is 277 g/mol. The van der Waals surface area contributed by atoms with Gasteiger partial charge in [0.25, 0.3) is 0 Å². The molecule has 3 rings (SSSR count). The molecule has 1 aliphatic rings. The third-order valence-electron chi connectivity index (χ3n) is 3.93. The van der Waals surface area contributed by atoms with Crippen molar-refractivity contribution in [3.63, 3.8) is 0 Å². The fraction of sp³-hybridized carbons (Fsp3) is 0.211. The van der Waals surface area contributed by atoms with Crippen LogP contribution in [0.25, 0.3) is 16.3 Å². The normalized spacial score (nSPS) is 15.1. The molecule has 0 N–H and O–H groups in total. The molecule has 0 aliphatic heterocycles. The van der Waals surface area contributed by atoms with E-state index < -0.39 is 0 Å². The molecular formula is C19H19NO. The molecule has 0 radical (unpaired) electrons. The molecule has 0 bridgehead atoms. The molecule has 0 saturated carbocycles. The smallest absolute Gasteiger partial charge is 0.106 e.